The average Bonchev–Trinajstić information content (AvgIpc) is 2.58. The first-order valence-electron chi connectivity index (χ1n) is 7.48. The van der Waals surface area contributed by atoms with Crippen molar-refractivity contribution in [3.8, 4) is 0 Å². The first kappa shape index (κ1) is 16.0. The molecule has 1 aliphatic rings. The van der Waals surface area contributed by atoms with E-state index >= 15 is 0 Å². The lowest BCUT2D eigenvalue weighted by atomic mass is 10.1. The van der Waals surface area contributed by atoms with Crippen LogP contribution in [-0.2, 0) is 4.79 Å². The highest BCUT2D eigenvalue weighted by atomic mass is 79.9. The third-order valence-corrected chi connectivity index (χ3v) is 4.23. The fourth-order valence-electron chi connectivity index (χ4n) is 2.65. The Morgan fingerprint density at radius 2 is 2.30 bits per heavy atom. The molecular weight excluding hydrogens is 358 g/mol. The van der Waals surface area contributed by atoms with Gasteiger partial charge in [0.1, 0.15) is 5.82 Å². The standard InChI is InChI=1S/C16H18BrN5O/c17-13-3-4-15(20-9-13)21-16(23)11-22-7-6-19-10-14(22)12-2-1-5-18-8-12/h1-5,8-9,14,19H,6-7,10-11H2,(H,20,21,23). The number of pyridine rings is 2. The highest BCUT2D eigenvalue weighted by molar-refractivity contribution is 9.10. The number of nitrogens with one attached hydrogen (secondary N) is 2. The van der Waals surface area contributed by atoms with Crippen molar-refractivity contribution >= 4 is 27.7 Å². The zero-order chi connectivity index (χ0) is 16.1. The number of hydrogen-bond donors (Lipinski definition) is 2. The molecule has 23 heavy (non-hydrogen) atoms. The Hall–Kier alpha value is -1.83. The number of nitrogens with zero attached hydrogens (tertiary/aromatic N) is 3. The summed E-state index contributed by atoms with van der Waals surface area (Å²) in [6.45, 7) is 2.84. The van der Waals surface area contributed by atoms with E-state index in [-0.39, 0.29) is 11.9 Å². The number of anilines is 1. The number of amides is 1. The molecule has 1 fully saturated rings. The van der Waals surface area contributed by atoms with Crippen LogP contribution in [-0.4, -0.2) is 47.0 Å². The SMILES string of the molecule is O=C(CN1CCNCC1c1cccnc1)Nc1ccc(Br)cn1. The van der Waals surface area contributed by atoms with Crippen LogP contribution in [0, 0.1) is 0 Å². The van der Waals surface area contributed by atoms with Crippen LogP contribution >= 0.6 is 15.9 Å². The Bertz CT molecular complexity index is 649. The maximum atomic E-state index is 12.3. The molecule has 3 heterocycles. The number of rotatable bonds is 4. The molecule has 2 N–H and O–H groups in total. The lowest BCUT2D eigenvalue weighted by Gasteiger charge is -2.35. The molecule has 0 aliphatic carbocycles. The van der Waals surface area contributed by atoms with Crippen LogP contribution in [0.25, 0.3) is 0 Å². The van der Waals surface area contributed by atoms with Crippen molar-refractivity contribution in [3.05, 3.63) is 52.9 Å². The summed E-state index contributed by atoms with van der Waals surface area (Å²) in [6.07, 6.45) is 5.29. The minimum Gasteiger partial charge on any atom is -0.314 e. The topological polar surface area (TPSA) is 70.2 Å². The van der Waals surface area contributed by atoms with Crippen LogP contribution < -0.4 is 10.6 Å². The summed E-state index contributed by atoms with van der Waals surface area (Å²) in [5, 5.41) is 6.21. The second kappa shape index (κ2) is 7.63. The maximum absolute atomic E-state index is 12.3. The molecule has 0 radical (unpaired) electrons. The van der Waals surface area contributed by atoms with E-state index in [2.05, 4.69) is 41.4 Å². The van der Waals surface area contributed by atoms with E-state index in [4.69, 9.17) is 0 Å². The molecule has 1 unspecified atom stereocenters. The van der Waals surface area contributed by atoms with E-state index in [9.17, 15) is 4.79 Å². The predicted octanol–water partition coefficient (Wildman–Crippen LogP) is 1.82. The Kier molecular flexibility index (Phi) is 5.32. The molecule has 7 heteroatoms. The number of hydrogen-bond acceptors (Lipinski definition) is 5. The van der Waals surface area contributed by atoms with Crippen LogP contribution in [0.1, 0.15) is 11.6 Å². The lowest BCUT2D eigenvalue weighted by molar-refractivity contribution is -0.118. The van der Waals surface area contributed by atoms with E-state index in [0.29, 0.717) is 12.4 Å². The van der Waals surface area contributed by atoms with Crippen molar-refractivity contribution in [1.82, 2.24) is 20.2 Å². The summed E-state index contributed by atoms with van der Waals surface area (Å²) in [4.78, 5) is 22.8. The highest BCUT2D eigenvalue weighted by Crippen LogP contribution is 2.21. The molecule has 0 bridgehead atoms. The summed E-state index contributed by atoms with van der Waals surface area (Å²) in [5.41, 5.74) is 1.12. The Morgan fingerprint density at radius 1 is 1.39 bits per heavy atom. The van der Waals surface area contributed by atoms with Gasteiger partial charge in [-0.2, -0.15) is 0 Å². The lowest BCUT2D eigenvalue weighted by Crippen LogP contribution is -2.48. The van der Waals surface area contributed by atoms with Gasteiger partial charge in [-0.25, -0.2) is 4.98 Å². The number of halogens is 1. The van der Waals surface area contributed by atoms with Gasteiger partial charge < -0.3 is 10.6 Å². The molecule has 0 aromatic carbocycles. The van der Waals surface area contributed by atoms with E-state index in [1.54, 1.807) is 18.5 Å². The van der Waals surface area contributed by atoms with Gasteiger partial charge in [-0.3, -0.25) is 14.7 Å². The Balaban J connectivity index is 1.64. The quantitative estimate of drug-likeness (QED) is 0.852. The monoisotopic (exact) mass is 375 g/mol. The normalized spacial score (nSPS) is 18.6. The molecule has 2 aromatic rings. The second-order valence-corrected chi connectivity index (χ2v) is 6.30. The molecular formula is C16H18BrN5O. The predicted molar refractivity (Wildman–Crippen MR) is 92.0 cm³/mol. The molecule has 120 valence electrons. The average molecular weight is 376 g/mol. The van der Waals surface area contributed by atoms with Crippen molar-refractivity contribution < 1.29 is 4.79 Å². The first-order chi connectivity index (χ1) is 11.2. The summed E-state index contributed by atoms with van der Waals surface area (Å²) in [6, 6.07) is 7.75. The van der Waals surface area contributed by atoms with Gasteiger partial charge in [0, 0.05) is 48.7 Å². The third kappa shape index (κ3) is 4.34. The Labute approximate surface area is 143 Å². The molecule has 1 aliphatic heterocycles. The third-order valence-electron chi connectivity index (χ3n) is 3.77. The van der Waals surface area contributed by atoms with Crippen molar-refractivity contribution in [3.63, 3.8) is 0 Å². The molecule has 1 atom stereocenters. The summed E-state index contributed by atoms with van der Waals surface area (Å²) >= 11 is 3.33. The molecule has 6 nitrogen and oxygen atoms in total. The fourth-order valence-corrected chi connectivity index (χ4v) is 2.89. The fraction of sp³-hybridized carbons (Fsp3) is 0.312. The minimum absolute atomic E-state index is 0.0596. The molecule has 1 saturated heterocycles. The zero-order valence-corrected chi connectivity index (χ0v) is 14.2. The van der Waals surface area contributed by atoms with Gasteiger partial charge in [0.2, 0.25) is 5.91 Å². The second-order valence-electron chi connectivity index (χ2n) is 5.39. The van der Waals surface area contributed by atoms with Crippen molar-refractivity contribution in [2.24, 2.45) is 0 Å². The smallest absolute Gasteiger partial charge is 0.239 e. The van der Waals surface area contributed by atoms with E-state index in [1.807, 2.05) is 24.4 Å². The Morgan fingerprint density at radius 3 is 3.04 bits per heavy atom. The number of aromatic nitrogens is 2. The van der Waals surface area contributed by atoms with Gasteiger partial charge in [0.05, 0.1) is 6.54 Å². The first-order valence-corrected chi connectivity index (χ1v) is 8.28. The summed E-state index contributed by atoms with van der Waals surface area (Å²) in [7, 11) is 0. The molecule has 0 spiro atoms. The van der Waals surface area contributed by atoms with Crippen LogP contribution in [0.2, 0.25) is 0 Å². The van der Waals surface area contributed by atoms with E-state index in [1.165, 1.54) is 0 Å². The van der Waals surface area contributed by atoms with Crippen molar-refractivity contribution in [2.75, 3.05) is 31.5 Å². The van der Waals surface area contributed by atoms with Gasteiger partial charge in [0.15, 0.2) is 0 Å². The molecule has 0 saturated carbocycles. The van der Waals surface area contributed by atoms with Gasteiger partial charge in [-0.1, -0.05) is 6.07 Å². The highest BCUT2D eigenvalue weighted by Gasteiger charge is 2.25. The van der Waals surface area contributed by atoms with Crippen LogP contribution in [0.4, 0.5) is 5.82 Å². The van der Waals surface area contributed by atoms with Crippen LogP contribution in [0.15, 0.2) is 47.3 Å². The minimum atomic E-state index is -0.0596. The zero-order valence-electron chi connectivity index (χ0n) is 12.6. The van der Waals surface area contributed by atoms with Gasteiger partial charge >= 0.3 is 0 Å². The van der Waals surface area contributed by atoms with Crippen LogP contribution in [0.5, 0.6) is 0 Å². The van der Waals surface area contributed by atoms with Crippen LogP contribution in [0.3, 0.4) is 0 Å². The summed E-state index contributed by atoms with van der Waals surface area (Å²) < 4.78 is 0.884. The number of carbonyl (C=O) groups is 1. The molecule has 2 aromatic heterocycles. The number of carbonyl (C=O) groups excluding carboxylic acids is 1. The largest absolute Gasteiger partial charge is 0.314 e. The van der Waals surface area contributed by atoms with Gasteiger partial charge in [-0.15, -0.1) is 0 Å². The van der Waals surface area contributed by atoms with Crippen molar-refractivity contribution in [1.29, 1.82) is 0 Å². The van der Waals surface area contributed by atoms with Crippen molar-refractivity contribution in [2.45, 2.75) is 6.04 Å². The van der Waals surface area contributed by atoms with Gasteiger partial charge in [0.25, 0.3) is 0 Å². The van der Waals surface area contributed by atoms with E-state index < -0.39 is 0 Å². The molecule has 3 rings (SSSR count). The summed E-state index contributed by atoms with van der Waals surface area (Å²) in [5.74, 6) is 0.502. The van der Waals surface area contributed by atoms with E-state index in [0.717, 1.165) is 29.7 Å². The molecule has 1 amide bonds. The maximum Gasteiger partial charge on any atom is 0.239 e. The van der Waals surface area contributed by atoms with Gasteiger partial charge in [-0.05, 0) is 39.7 Å². The number of piperazine rings is 1.